The smallest absolute Gasteiger partial charge is 0.254 e. The molecule has 3 aromatic rings. The highest BCUT2D eigenvalue weighted by Gasteiger charge is 2.13. The third-order valence-electron chi connectivity index (χ3n) is 3.11. The molecule has 7 heteroatoms. The zero-order chi connectivity index (χ0) is 16.6. The number of fused-ring (bicyclic) bond motifs is 1. The average Bonchev–Trinajstić information content (AvgIpc) is 2.49. The van der Waals surface area contributed by atoms with Crippen LogP contribution in [-0.2, 0) is 0 Å². The molecule has 0 aliphatic carbocycles. The number of halogens is 3. The maximum atomic E-state index is 13.8. The lowest BCUT2D eigenvalue weighted by Crippen LogP contribution is -2.21. The highest BCUT2D eigenvalue weighted by molar-refractivity contribution is 6.38. The van der Waals surface area contributed by atoms with E-state index in [1.54, 1.807) is 12.1 Å². The van der Waals surface area contributed by atoms with Gasteiger partial charge in [0.2, 0.25) is 5.55 Å². The fraction of sp³-hybridized carbons (Fsp3) is 0. The van der Waals surface area contributed by atoms with Gasteiger partial charge < -0.3 is 10.2 Å². The molecule has 0 saturated carbocycles. The average molecular weight is 351 g/mol. The molecule has 0 bridgehead atoms. The molecule has 4 nitrogen and oxygen atoms in total. The maximum Gasteiger partial charge on any atom is 0.254 e. The van der Waals surface area contributed by atoms with Gasteiger partial charge in [0.05, 0.1) is 5.02 Å². The lowest BCUT2D eigenvalue weighted by molar-refractivity contribution is 0.0996. The summed E-state index contributed by atoms with van der Waals surface area (Å²) < 4.78 is 19.3. The summed E-state index contributed by atoms with van der Waals surface area (Å²) in [7, 11) is 0. The first kappa shape index (κ1) is 15.5. The molecule has 0 fully saturated rings. The van der Waals surface area contributed by atoms with Gasteiger partial charge >= 0.3 is 0 Å². The van der Waals surface area contributed by atoms with Crippen molar-refractivity contribution in [1.82, 2.24) is 0 Å². The van der Waals surface area contributed by atoms with E-state index in [0.29, 0.717) is 10.4 Å². The van der Waals surface area contributed by atoms with E-state index in [1.807, 2.05) is 0 Å². The second kappa shape index (κ2) is 6.02. The number of nitrogens with zero attached hydrogens (tertiary/aromatic N) is 1. The summed E-state index contributed by atoms with van der Waals surface area (Å²) in [6.45, 7) is 0. The fourth-order valence-corrected chi connectivity index (χ4v) is 2.62. The van der Waals surface area contributed by atoms with Crippen LogP contribution in [0.3, 0.4) is 0 Å². The van der Waals surface area contributed by atoms with Crippen LogP contribution in [0.4, 0.5) is 10.1 Å². The molecule has 116 valence electrons. The van der Waals surface area contributed by atoms with Crippen molar-refractivity contribution in [3.63, 3.8) is 0 Å². The predicted octanol–water partition coefficient (Wildman–Crippen LogP) is 4.21. The van der Waals surface area contributed by atoms with Crippen molar-refractivity contribution < 1.29 is 13.6 Å². The Bertz CT molecular complexity index is 999. The minimum Gasteiger partial charge on any atom is -0.436 e. The van der Waals surface area contributed by atoms with Crippen molar-refractivity contribution in [2.24, 2.45) is 10.7 Å². The molecular weight excluding hydrogens is 342 g/mol. The monoisotopic (exact) mass is 350 g/mol. The molecule has 0 aliphatic rings. The number of hydrogen-bond acceptors (Lipinski definition) is 3. The summed E-state index contributed by atoms with van der Waals surface area (Å²) in [6.07, 6.45) is 0. The van der Waals surface area contributed by atoms with Crippen LogP contribution in [-0.4, -0.2) is 5.91 Å². The third kappa shape index (κ3) is 3.06. The predicted molar refractivity (Wildman–Crippen MR) is 86.4 cm³/mol. The Morgan fingerprint density at radius 2 is 1.91 bits per heavy atom. The molecule has 2 aromatic carbocycles. The number of carbonyl (C=O) groups excluding carboxylic acids is 1. The zero-order valence-electron chi connectivity index (χ0n) is 11.5. The minimum absolute atomic E-state index is 0.000846. The minimum atomic E-state index is -0.762. The van der Waals surface area contributed by atoms with Gasteiger partial charge in [0.15, 0.2) is 5.58 Å². The van der Waals surface area contributed by atoms with Gasteiger partial charge in [0, 0.05) is 10.4 Å². The SMILES string of the molecule is NC(=O)c1cc2cc(Cl)cc(Cl)c2oc1=Nc1ccccc1F. The van der Waals surface area contributed by atoms with Crippen molar-refractivity contribution >= 4 is 45.8 Å². The molecular formula is C16H9Cl2FN2O2. The van der Waals surface area contributed by atoms with Gasteiger partial charge in [-0.1, -0.05) is 35.3 Å². The second-order valence-corrected chi connectivity index (χ2v) is 5.54. The van der Waals surface area contributed by atoms with Crippen LogP contribution >= 0.6 is 23.2 Å². The summed E-state index contributed by atoms with van der Waals surface area (Å²) >= 11 is 12.0. The number of primary amides is 1. The van der Waals surface area contributed by atoms with E-state index >= 15 is 0 Å². The number of nitrogens with two attached hydrogens (primary N) is 1. The molecule has 2 N–H and O–H groups in total. The van der Waals surface area contributed by atoms with Crippen LogP contribution in [0, 0.1) is 5.82 Å². The van der Waals surface area contributed by atoms with E-state index in [9.17, 15) is 9.18 Å². The van der Waals surface area contributed by atoms with Gasteiger partial charge in [-0.25, -0.2) is 9.38 Å². The van der Waals surface area contributed by atoms with Gasteiger partial charge in [-0.3, -0.25) is 4.79 Å². The first-order valence-corrected chi connectivity index (χ1v) is 7.23. The lowest BCUT2D eigenvalue weighted by Gasteiger charge is -2.04. The molecule has 0 saturated heterocycles. The van der Waals surface area contributed by atoms with Gasteiger partial charge in [0.25, 0.3) is 5.91 Å². The summed E-state index contributed by atoms with van der Waals surface area (Å²) in [5, 5.41) is 1.12. The van der Waals surface area contributed by atoms with Gasteiger partial charge in [-0.15, -0.1) is 0 Å². The molecule has 3 rings (SSSR count). The second-order valence-electron chi connectivity index (χ2n) is 4.70. The van der Waals surface area contributed by atoms with Crippen LogP contribution in [0.2, 0.25) is 10.0 Å². The van der Waals surface area contributed by atoms with Crippen LogP contribution in [0.1, 0.15) is 10.4 Å². The number of amides is 1. The quantitative estimate of drug-likeness (QED) is 0.751. The van der Waals surface area contributed by atoms with Crippen molar-refractivity contribution in [1.29, 1.82) is 0 Å². The van der Waals surface area contributed by atoms with Gasteiger partial charge in [-0.05, 0) is 30.3 Å². The molecule has 0 atom stereocenters. The first-order chi connectivity index (χ1) is 11.0. The molecule has 1 amide bonds. The van der Waals surface area contributed by atoms with Crippen LogP contribution in [0.5, 0.6) is 0 Å². The van der Waals surface area contributed by atoms with E-state index < -0.39 is 11.7 Å². The van der Waals surface area contributed by atoms with Crippen molar-refractivity contribution in [2.75, 3.05) is 0 Å². The highest BCUT2D eigenvalue weighted by Crippen LogP contribution is 2.27. The normalized spacial score (nSPS) is 11.9. The molecule has 0 radical (unpaired) electrons. The molecule has 0 aliphatic heterocycles. The fourth-order valence-electron chi connectivity index (χ4n) is 2.08. The lowest BCUT2D eigenvalue weighted by atomic mass is 10.2. The summed E-state index contributed by atoms with van der Waals surface area (Å²) in [5.41, 5.74) is 5.52. The van der Waals surface area contributed by atoms with Crippen LogP contribution in [0.25, 0.3) is 11.0 Å². The Morgan fingerprint density at radius 1 is 1.17 bits per heavy atom. The Labute approximate surface area is 140 Å². The standard InChI is InChI=1S/C16H9Cl2FN2O2/c17-9-5-8-6-10(15(20)22)16(23-14(8)11(18)7-9)21-13-4-2-1-3-12(13)19/h1-7H,(H2,20,22). The third-order valence-corrected chi connectivity index (χ3v) is 3.60. The van der Waals surface area contributed by atoms with Gasteiger partial charge in [0.1, 0.15) is 17.1 Å². The first-order valence-electron chi connectivity index (χ1n) is 6.47. The van der Waals surface area contributed by atoms with Gasteiger partial charge in [-0.2, -0.15) is 0 Å². The van der Waals surface area contributed by atoms with E-state index in [1.165, 1.54) is 30.3 Å². The Balaban J connectivity index is 2.37. The Hall–Kier alpha value is -2.37. The van der Waals surface area contributed by atoms with E-state index in [4.69, 9.17) is 33.4 Å². The molecule has 0 unspecified atom stereocenters. The number of benzene rings is 2. The van der Waals surface area contributed by atoms with Crippen molar-refractivity contribution in [3.8, 4) is 0 Å². The Morgan fingerprint density at radius 3 is 2.61 bits per heavy atom. The number of para-hydroxylation sites is 1. The largest absolute Gasteiger partial charge is 0.436 e. The topological polar surface area (TPSA) is 68.6 Å². The molecule has 0 spiro atoms. The summed E-state index contributed by atoms with van der Waals surface area (Å²) in [5.74, 6) is -1.32. The highest BCUT2D eigenvalue weighted by atomic mass is 35.5. The van der Waals surface area contributed by atoms with E-state index in [0.717, 1.165) is 0 Å². The van der Waals surface area contributed by atoms with E-state index in [2.05, 4.69) is 4.99 Å². The molecule has 1 aromatic heterocycles. The summed E-state index contributed by atoms with van der Waals surface area (Å²) in [4.78, 5) is 15.7. The zero-order valence-corrected chi connectivity index (χ0v) is 13.0. The van der Waals surface area contributed by atoms with Crippen molar-refractivity contribution in [3.05, 3.63) is 69.4 Å². The Kier molecular flexibility index (Phi) is 4.07. The number of hydrogen-bond donors (Lipinski definition) is 1. The summed E-state index contributed by atoms with van der Waals surface area (Å²) in [6, 6.07) is 10.4. The molecule has 1 heterocycles. The van der Waals surface area contributed by atoms with Crippen LogP contribution in [0.15, 0.2) is 51.9 Å². The van der Waals surface area contributed by atoms with E-state index in [-0.39, 0.29) is 27.4 Å². The van der Waals surface area contributed by atoms with Crippen LogP contribution < -0.4 is 11.3 Å². The maximum absolute atomic E-state index is 13.8. The number of carbonyl (C=O) groups is 1. The van der Waals surface area contributed by atoms with Crippen molar-refractivity contribution in [2.45, 2.75) is 0 Å². The number of rotatable bonds is 2. The molecule has 23 heavy (non-hydrogen) atoms.